The van der Waals surface area contributed by atoms with E-state index in [0.717, 1.165) is 25.8 Å². The maximum absolute atomic E-state index is 14.0. The molecule has 3 nitrogen and oxygen atoms in total. The van der Waals surface area contributed by atoms with Crippen molar-refractivity contribution in [1.82, 2.24) is 4.90 Å². The molecule has 106 valence electrons. The van der Waals surface area contributed by atoms with Crippen molar-refractivity contribution >= 4 is 0 Å². The predicted octanol–water partition coefficient (Wildman–Crippen LogP) is 2.06. The Labute approximate surface area is 114 Å². The summed E-state index contributed by atoms with van der Waals surface area (Å²) in [5, 5.41) is 9.53. The molecule has 1 heterocycles. The standard InChI is InChI=1S/C15H23FN2O/c1-11(17)15(13-7-2-3-8-14(13)16)18-9-5-4-6-12(18)10-19/h2-3,7-8,11-12,15,19H,4-6,9-10,17H2,1H3. The Morgan fingerprint density at radius 2 is 2.16 bits per heavy atom. The maximum atomic E-state index is 14.0. The molecule has 2 rings (SSSR count). The fourth-order valence-corrected chi connectivity index (χ4v) is 3.06. The number of likely N-dealkylation sites (tertiary alicyclic amines) is 1. The molecule has 0 saturated carbocycles. The van der Waals surface area contributed by atoms with E-state index in [1.807, 2.05) is 13.0 Å². The van der Waals surface area contributed by atoms with Crippen molar-refractivity contribution in [2.75, 3.05) is 13.2 Å². The highest BCUT2D eigenvalue weighted by Gasteiger charge is 2.32. The van der Waals surface area contributed by atoms with Gasteiger partial charge in [-0.05, 0) is 32.4 Å². The van der Waals surface area contributed by atoms with Gasteiger partial charge in [0.05, 0.1) is 12.6 Å². The SMILES string of the molecule is CC(N)C(c1ccccc1F)N1CCCCC1CO. The highest BCUT2D eigenvalue weighted by molar-refractivity contribution is 5.23. The van der Waals surface area contributed by atoms with Crippen LogP contribution in [0.2, 0.25) is 0 Å². The molecule has 1 fully saturated rings. The van der Waals surface area contributed by atoms with Crippen LogP contribution in [-0.4, -0.2) is 35.2 Å². The van der Waals surface area contributed by atoms with E-state index in [-0.39, 0.29) is 30.5 Å². The second-order valence-corrected chi connectivity index (χ2v) is 5.40. The Morgan fingerprint density at radius 3 is 2.79 bits per heavy atom. The molecule has 1 aliphatic heterocycles. The van der Waals surface area contributed by atoms with Gasteiger partial charge in [0.15, 0.2) is 0 Å². The molecule has 1 aromatic carbocycles. The zero-order chi connectivity index (χ0) is 13.8. The summed E-state index contributed by atoms with van der Waals surface area (Å²) in [5.74, 6) is -0.216. The maximum Gasteiger partial charge on any atom is 0.128 e. The Morgan fingerprint density at radius 1 is 1.42 bits per heavy atom. The zero-order valence-corrected chi connectivity index (χ0v) is 11.4. The van der Waals surface area contributed by atoms with Crippen molar-refractivity contribution in [3.05, 3.63) is 35.6 Å². The van der Waals surface area contributed by atoms with Crippen LogP contribution >= 0.6 is 0 Å². The Hall–Kier alpha value is -0.970. The highest BCUT2D eigenvalue weighted by Crippen LogP contribution is 2.31. The van der Waals surface area contributed by atoms with E-state index in [1.165, 1.54) is 6.07 Å². The van der Waals surface area contributed by atoms with E-state index >= 15 is 0 Å². The molecule has 0 aliphatic carbocycles. The van der Waals surface area contributed by atoms with Gasteiger partial charge in [0.2, 0.25) is 0 Å². The van der Waals surface area contributed by atoms with Crippen LogP contribution in [0.15, 0.2) is 24.3 Å². The lowest BCUT2D eigenvalue weighted by atomic mass is 9.93. The molecule has 1 aromatic rings. The van der Waals surface area contributed by atoms with Gasteiger partial charge in [-0.3, -0.25) is 4.90 Å². The Bertz CT molecular complexity index is 411. The molecule has 3 atom stereocenters. The minimum Gasteiger partial charge on any atom is -0.395 e. The third-order valence-corrected chi connectivity index (χ3v) is 3.96. The van der Waals surface area contributed by atoms with E-state index in [4.69, 9.17) is 5.73 Å². The first-order chi connectivity index (χ1) is 9.15. The fourth-order valence-electron chi connectivity index (χ4n) is 3.06. The number of aliphatic hydroxyl groups excluding tert-OH is 1. The summed E-state index contributed by atoms with van der Waals surface area (Å²) >= 11 is 0. The van der Waals surface area contributed by atoms with Crippen LogP contribution in [0.5, 0.6) is 0 Å². The van der Waals surface area contributed by atoms with Gasteiger partial charge < -0.3 is 10.8 Å². The van der Waals surface area contributed by atoms with Gasteiger partial charge in [-0.1, -0.05) is 24.6 Å². The van der Waals surface area contributed by atoms with Gasteiger partial charge in [0.1, 0.15) is 5.82 Å². The number of hydrogen-bond acceptors (Lipinski definition) is 3. The molecule has 3 N–H and O–H groups in total. The molecule has 19 heavy (non-hydrogen) atoms. The van der Waals surface area contributed by atoms with Crippen LogP contribution in [0.3, 0.4) is 0 Å². The number of benzene rings is 1. The topological polar surface area (TPSA) is 49.5 Å². The number of hydrogen-bond donors (Lipinski definition) is 2. The number of rotatable bonds is 4. The zero-order valence-electron chi connectivity index (χ0n) is 11.4. The lowest BCUT2D eigenvalue weighted by Gasteiger charge is -2.42. The molecule has 0 spiro atoms. The Balaban J connectivity index is 2.32. The molecule has 0 radical (unpaired) electrons. The quantitative estimate of drug-likeness (QED) is 0.877. The molecular formula is C15H23FN2O. The van der Waals surface area contributed by atoms with Gasteiger partial charge in [0, 0.05) is 17.6 Å². The molecule has 0 aromatic heterocycles. The number of halogens is 1. The third-order valence-electron chi connectivity index (χ3n) is 3.96. The smallest absolute Gasteiger partial charge is 0.128 e. The number of nitrogens with two attached hydrogens (primary N) is 1. The number of piperidine rings is 1. The van der Waals surface area contributed by atoms with Crippen LogP contribution in [0.1, 0.15) is 37.8 Å². The summed E-state index contributed by atoms with van der Waals surface area (Å²) in [5.41, 5.74) is 6.73. The first kappa shape index (κ1) is 14.4. The average Bonchev–Trinajstić information content (AvgIpc) is 2.41. The lowest BCUT2D eigenvalue weighted by molar-refractivity contribution is 0.0430. The second kappa shape index (κ2) is 6.46. The van der Waals surface area contributed by atoms with Crippen LogP contribution < -0.4 is 5.73 Å². The Kier molecular flexibility index (Phi) is 4.91. The highest BCUT2D eigenvalue weighted by atomic mass is 19.1. The summed E-state index contributed by atoms with van der Waals surface area (Å²) in [6.07, 6.45) is 3.15. The van der Waals surface area contributed by atoms with E-state index in [1.54, 1.807) is 12.1 Å². The van der Waals surface area contributed by atoms with Crippen molar-refractivity contribution in [1.29, 1.82) is 0 Å². The molecule has 3 unspecified atom stereocenters. The van der Waals surface area contributed by atoms with Crippen LogP contribution in [0.25, 0.3) is 0 Å². The second-order valence-electron chi connectivity index (χ2n) is 5.40. The summed E-state index contributed by atoms with van der Waals surface area (Å²) in [6, 6.07) is 6.55. The summed E-state index contributed by atoms with van der Waals surface area (Å²) < 4.78 is 14.0. The minimum atomic E-state index is -0.216. The minimum absolute atomic E-state index is 0.0874. The van der Waals surface area contributed by atoms with Crippen LogP contribution in [0.4, 0.5) is 4.39 Å². The van der Waals surface area contributed by atoms with Crippen LogP contribution in [0, 0.1) is 5.82 Å². The first-order valence-electron chi connectivity index (χ1n) is 7.01. The van der Waals surface area contributed by atoms with Gasteiger partial charge in [-0.25, -0.2) is 4.39 Å². The van der Waals surface area contributed by atoms with Crippen molar-refractivity contribution < 1.29 is 9.50 Å². The van der Waals surface area contributed by atoms with Crippen molar-refractivity contribution in [2.45, 2.75) is 44.3 Å². The third kappa shape index (κ3) is 3.14. The predicted molar refractivity (Wildman–Crippen MR) is 74.2 cm³/mol. The van der Waals surface area contributed by atoms with E-state index in [0.29, 0.717) is 5.56 Å². The number of aliphatic hydroxyl groups is 1. The fraction of sp³-hybridized carbons (Fsp3) is 0.600. The monoisotopic (exact) mass is 266 g/mol. The summed E-state index contributed by atoms with van der Waals surface area (Å²) in [6.45, 7) is 2.88. The summed E-state index contributed by atoms with van der Waals surface area (Å²) in [7, 11) is 0. The normalized spacial score (nSPS) is 24.1. The van der Waals surface area contributed by atoms with Crippen molar-refractivity contribution in [2.24, 2.45) is 5.73 Å². The van der Waals surface area contributed by atoms with Gasteiger partial charge >= 0.3 is 0 Å². The van der Waals surface area contributed by atoms with Crippen LogP contribution in [-0.2, 0) is 0 Å². The molecule has 1 aliphatic rings. The molecular weight excluding hydrogens is 243 g/mol. The number of nitrogens with zero attached hydrogens (tertiary/aromatic N) is 1. The van der Waals surface area contributed by atoms with E-state index in [9.17, 15) is 9.50 Å². The van der Waals surface area contributed by atoms with Gasteiger partial charge in [0.25, 0.3) is 0 Å². The van der Waals surface area contributed by atoms with Crippen molar-refractivity contribution in [3.63, 3.8) is 0 Å². The largest absolute Gasteiger partial charge is 0.395 e. The molecule has 4 heteroatoms. The van der Waals surface area contributed by atoms with Gasteiger partial charge in [-0.2, -0.15) is 0 Å². The van der Waals surface area contributed by atoms with E-state index in [2.05, 4.69) is 4.90 Å². The van der Waals surface area contributed by atoms with E-state index < -0.39 is 0 Å². The summed E-state index contributed by atoms with van der Waals surface area (Å²) in [4.78, 5) is 2.17. The molecule has 0 bridgehead atoms. The first-order valence-corrected chi connectivity index (χ1v) is 7.01. The lowest BCUT2D eigenvalue weighted by Crippen LogP contribution is -2.49. The van der Waals surface area contributed by atoms with Crippen molar-refractivity contribution in [3.8, 4) is 0 Å². The molecule has 1 saturated heterocycles. The van der Waals surface area contributed by atoms with Gasteiger partial charge in [-0.15, -0.1) is 0 Å². The average molecular weight is 266 g/mol. The molecule has 0 amide bonds.